The van der Waals surface area contributed by atoms with Crippen LogP contribution in [-0.4, -0.2) is 49.9 Å². The van der Waals surface area contributed by atoms with Crippen molar-refractivity contribution in [2.75, 3.05) is 13.1 Å². The summed E-state index contributed by atoms with van der Waals surface area (Å²) < 4.78 is 1.79. The van der Waals surface area contributed by atoms with Crippen LogP contribution in [0.1, 0.15) is 17.7 Å². The second kappa shape index (κ2) is 7.48. The van der Waals surface area contributed by atoms with E-state index in [2.05, 4.69) is 11.2 Å². The van der Waals surface area contributed by atoms with Crippen LogP contribution in [0.5, 0.6) is 0 Å². The third-order valence-electron chi connectivity index (χ3n) is 5.20. The Morgan fingerprint density at radius 3 is 2.89 bits per heavy atom. The molecule has 3 aromatic rings. The molecule has 6 heteroatoms. The SMILES string of the molecule is Cc1cnn(CCC(=O)N2C[C@@H](Cc3ccc4ccccc4n3)[C@H](O)C2)c1. The van der Waals surface area contributed by atoms with Crippen LogP contribution in [0.25, 0.3) is 10.9 Å². The average Bonchev–Trinajstić information content (AvgIpc) is 3.25. The maximum absolute atomic E-state index is 12.5. The summed E-state index contributed by atoms with van der Waals surface area (Å²) in [6.07, 6.45) is 4.29. The summed E-state index contributed by atoms with van der Waals surface area (Å²) in [4.78, 5) is 19.0. The molecule has 1 fully saturated rings. The molecule has 3 heterocycles. The number of amides is 1. The molecule has 1 amide bonds. The molecule has 2 aromatic heterocycles. The maximum atomic E-state index is 12.5. The first-order valence-electron chi connectivity index (χ1n) is 9.38. The van der Waals surface area contributed by atoms with E-state index in [1.165, 1.54) is 0 Å². The lowest BCUT2D eigenvalue weighted by Gasteiger charge is -2.16. The van der Waals surface area contributed by atoms with E-state index in [0.29, 0.717) is 32.5 Å². The van der Waals surface area contributed by atoms with Crippen molar-refractivity contribution in [2.24, 2.45) is 5.92 Å². The van der Waals surface area contributed by atoms with Crippen molar-refractivity contribution in [3.05, 3.63) is 60.0 Å². The lowest BCUT2D eigenvalue weighted by Crippen LogP contribution is -2.30. The predicted octanol–water partition coefficient (Wildman–Crippen LogP) is 2.19. The molecular weight excluding hydrogens is 340 g/mol. The molecule has 0 radical (unpaired) electrons. The molecule has 1 N–H and O–H groups in total. The van der Waals surface area contributed by atoms with Gasteiger partial charge < -0.3 is 10.0 Å². The molecule has 1 aliphatic heterocycles. The van der Waals surface area contributed by atoms with E-state index < -0.39 is 6.10 Å². The standard InChI is InChI=1S/C21H24N4O2/c1-15-11-22-25(12-15)9-8-21(27)24-13-17(20(26)14-24)10-18-7-6-16-4-2-3-5-19(16)23-18/h2-7,11-12,17,20,26H,8-10,13-14H2,1H3/t17-,20-/m1/s1. The van der Waals surface area contributed by atoms with Crippen LogP contribution in [-0.2, 0) is 17.8 Å². The molecule has 0 aliphatic carbocycles. The van der Waals surface area contributed by atoms with Gasteiger partial charge in [0.1, 0.15) is 0 Å². The Morgan fingerprint density at radius 2 is 2.07 bits per heavy atom. The quantitative estimate of drug-likeness (QED) is 0.753. The summed E-state index contributed by atoms with van der Waals surface area (Å²) in [5, 5.41) is 15.8. The number of pyridine rings is 1. The van der Waals surface area contributed by atoms with Crippen molar-refractivity contribution in [3.63, 3.8) is 0 Å². The van der Waals surface area contributed by atoms with Crippen molar-refractivity contribution in [1.29, 1.82) is 0 Å². The fourth-order valence-corrected chi connectivity index (χ4v) is 3.71. The molecule has 2 atom stereocenters. The van der Waals surface area contributed by atoms with Crippen LogP contribution in [0.15, 0.2) is 48.8 Å². The smallest absolute Gasteiger partial charge is 0.224 e. The largest absolute Gasteiger partial charge is 0.391 e. The number of fused-ring (bicyclic) bond motifs is 1. The molecule has 1 aliphatic rings. The van der Waals surface area contributed by atoms with Crippen molar-refractivity contribution in [2.45, 2.75) is 32.4 Å². The maximum Gasteiger partial charge on any atom is 0.224 e. The third kappa shape index (κ3) is 4.01. The monoisotopic (exact) mass is 364 g/mol. The highest BCUT2D eigenvalue weighted by atomic mass is 16.3. The van der Waals surface area contributed by atoms with Gasteiger partial charge in [0.05, 0.1) is 17.8 Å². The van der Waals surface area contributed by atoms with Gasteiger partial charge in [0.15, 0.2) is 0 Å². The molecule has 1 aromatic carbocycles. The fourth-order valence-electron chi connectivity index (χ4n) is 3.71. The van der Waals surface area contributed by atoms with E-state index >= 15 is 0 Å². The summed E-state index contributed by atoms with van der Waals surface area (Å²) >= 11 is 0. The number of aliphatic hydroxyl groups excluding tert-OH is 1. The normalized spacial score (nSPS) is 19.7. The minimum absolute atomic E-state index is 0.0227. The second-order valence-electron chi connectivity index (χ2n) is 7.36. The van der Waals surface area contributed by atoms with Gasteiger partial charge >= 0.3 is 0 Å². The minimum atomic E-state index is -0.505. The topological polar surface area (TPSA) is 71.2 Å². The lowest BCUT2D eigenvalue weighted by molar-refractivity contribution is -0.130. The summed E-state index contributed by atoms with van der Waals surface area (Å²) in [5.41, 5.74) is 3.01. The zero-order valence-electron chi connectivity index (χ0n) is 15.5. The number of nitrogens with zero attached hydrogens (tertiary/aromatic N) is 4. The fraction of sp³-hybridized carbons (Fsp3) is 0.381. The zero-order chi connectivity index (χ0) is 18.8. The Hall–Kier alpha value is -2.73. The van der Waals surface area contributed by atoms with Gasteiger partial charge in [0.2, 0.25) is 5.91 Å². The van der Waals surface area contributed by atoms with Gasteiger partial charge in [0, 0.05) is 49.2 Å². The molecule has 1 saturated heterocycles. The van der Waals surface area contributed by atoms with Gasteiger partial charge in [-0.1, -0.05) is 24.3 Å². The Kier molecular flexibility index (Phi) is 4.90. The number of β-amino-alcohol motifs (C(OH)–C–C–N with tert-alkyl or cyclic N) is 1. The summed E-state index contributed by atoms with van der Waals surface area (Å²) in [6.45, 7) is 3.52. The van der Waals surface area contributed by atoms with Crippen LogP contribution < -0.4 is 0 Å². The Bertz CT molecular complexity index is 952. The van der Waals surface area contributed by atoms with Gasteiger partial charge in [-0.2, -0.15) is 5.10 Å². The first-order valence-corrected chi connectivity index (χ1v) is 9.38. The molecule has 6 nitrogen and oxygen atoms in total. The molecule has 0 bridgehead atoms. The van der Waals surface area contributed by atoms with E-state index in [9.17, 15) is 9.90 Å². The Morgan fingerprint density at radius 1 is 1.22 bits per heavy atom. The van der Waals surface area contributed by atoms with Crippen molar-refractivity contribution < 1.29 is 9.90 Å². The number of aryl methyl sites for hydroxylation is 2. The van der Waals surface area contributed by atoms with Crippen LogP contribution in [0.3, 0.4) is 0 Å². The van der Waals surface area contributed by atoms with Crippen LogP contribution >= 0.6 is 0 Å². The van der Waals surface area contributed by atoms with Gasteiger partial charge in [-0.25, -0.2) is 0 Å². The van der Waals surface area contributed by atoms with Gasteiger partial charge in [-0.15, -0.1) is 0 Å². The highest BCUT2D eigenvalue weighted by Crippen LogP contribution is 2.23. The van der Waals surface area contributed by atoms with E-state index in [4.69, 9.17) is 4.98 Å². The summed E-state index contributed by atoms with van der Waals surface area (Å²) in [5.74, 6) is 0.0886. The van der Waals surface area contributed by atoms with Crippen LogP contribution in [0, 0.1) is 12.8 Å². The summed E-state index contributed by atoms with van der Waals surface area (Å²) in [7, 11) is 0. The second-order valence-corrected chi connectivity index (χ2v) is 7.36. The van der Waals surface area contributed by atoms with E-state index in [1.807, 2.05) is 43.5 Å². The Balaban J connectivity index is 1.36. The number of aliphatic hydroxyl groups is 1. The zero-order valence-corrected chi connectivity index (χ0v) is 15.5. The van der Waals surface area contributed by atoms with Gasteiger partial charge in [-0.3, -0.25) is 14.5 Å². The molecule has 0 spiro atoms. The number of benzene rings is 1. The van der Waals surface area contributed by atoms with E-state index in [-0.39, 0.29) is 11.8 Å². The molecule has 0 unspecified atom stereocenters. The predicted molar refractivity (Wildman–Crippen MR) is 103 cm³/mol. The van der Waals surface area contributed by atoms with E-state index in [0.717, 1.165) is 22.2 Å². The highest BCUT2D eigenvalue weighted by molar-refractivity contribution is 5.78. The average molecular weight is 364 g/mol. The number of hydrogen-bond acceptors (Lipinski definition) is 4. The molecular formula is C21H24N4O2. The van der Waals surface area contributed by atoms with Gasteiger partial charge in [-0.05, 0) is 31.0 Å². The number of likely N-dealkylation sites (tertiary alicyclic amines) is 1. The van der Waals surface area contributed by atoms with Crippen LogP contribution in [0.4, 0.5) is 0 Å². The number of hydrogen-bond donors (Lipinski definition) is 1. The molecule has 4 rings (SSSR count). The number of aromatic nitrogens is 3. The van der Waals surface area contributed by atoms with Crippen LogP contribution in [0.2, 0.25) is 0 Å². The van der Waals surface area contributed by atoms with Crippen molar-refractivity contribution in [1.82, 2.24) is 19.7 Å². The van der Waals surface area contributed by atoms with Crippen molar-refractivity contribution in [3.8, 4) is 0 Å². The first kappa shape index (κ1) is 17.7. The van der Waals surface area contributed by atoms with Crippen molar-refractivity contribution >= 4 is 16.8 Å². The summed E-state index contributed by atoms with van der Waals surface area (Å²) in [6, 6.07) is 12.1. The number of carbonyl (C=O) groups is 1. The third-order valence-corrected chi connectivity index (χ3v) is 5.20. The van der Waals surface area contributed by atoms with E-state index in [1.54, 1.807) is 15.8 Å². The minimum Gasteiger partial charge on any atom is -0.391 e. The highest BCUT2D eigenvalue weighted by Gasteiger charge is 2.34. The van der Waals surface area contributed by atoms with Gasteiger partial charge in [0.25, 0.3) is 0 Å². The molecule has 0 saturated carbocycles. The first-order chi connectivity index (χ1) is 13.1. The number of rotatable bonds is 5. The Labute approximate surface area is 158 Å². The molecule has 140 valence electrons. The number of carbonyl (C=O) groups excluding carboxylic acids is 1. The number of para-hydroxylation sites is 1. The lowest BCUT2D eigenvalue weighted by atomic mass is 9.99. The molecule has 27 heavy (non-hydrogen) atoms.